The largest absolute Gasteiger partial charge is 0.542 e. The van der Waals surface area contributed by atoms with Crippen molar-refractivity contribution in [2.45, 2.75) is 40.8 Å². The van der Waals surface area contributed by atoms with E-state index in [4.69, 9.17) is 14.3 Å². The Morgan fingerprint density at radius 1 is 0.833 bits per heavy atom. The van der Waals surface area contributed by atoms with Crippen molar-refractivity contribution in [1.29, 1.82) is 0 Å². The number of carboxylic acid groups (broad SMARTS) is 1. The summed E-state index contributed by atoms with van der Waals surface area (Å²) in [4.78, 5) is 16.0. The van der Waals surface area contributed by atoms with Crippen LogP contribution < -0.4 is 25.3 Å². The van der Waals surface area contributed by atoms with Gasteiger partial charge in [0.2, 0.25) is 5.36 Å². The Labute approximate surface area is 205 Å². The van der Waals surface area contributed by atoms with Gasteiger partial charge in [0.05, 0.1) is 22.1 Å². The summed E-state index contributed by atoms with van der Waals surface area (Å²) in [6.07, 6.45) is -5.19. The first-order valence-electron chi connectivity index (χ1n) is 11.7. The molecule has 1 N–H and O–H groups in total. The maximum absolute atomic E-state index is 14.9. The molecule has 3 rings (SSSR count). The molecule has 3 aromatic rings. The molecular formula is C25H30F5N3O3. The first-order valence-corrected chi connectivity index (χ1v) is 11.7. The van der Waals surface area contributed by atoms with Gasteiger partial charge < -0.3 is 24.1 Å². The van der Waals surface area contributed by atoms with Gasteiger partial charge in [0.1, 0.15) is 35.3 Å². The minimum Gasteiger partial charge on any atom is -0.542 e. The maximum Gasteiger partial charge on any atom is 0.430 e. The molecule has 0 unspecified atom stereocenters. The zero-order valence-corrected chi connectivity index (χ0v) is 20.9. The number of nitrogens with one attached hydrogen (secondary N) is 1. The number of carboxylic acids is 1. The van der Waals surface area contributed by atoms with Crippen LogP contribution in [0.25, 0.3) is 21.9 Å². The van der Waals surface area contributed by atoms with Crippen molar-refractivity contribution >= 4 is 39.3 Å². The number of carbonyl (C=O) groups excluding carboxylic acids is 1. The number of aliphatic carboxylic acids is 1. The number of fused-ring (bicyclic) bond motifs is 2. The Morgan fingerprint density at radius 2 is 1.19 bits per heavy atom. The first-order chi connectivity index (χ1) is 16.9. The lowest BCUT2D eigenvalue weighted by Gasteiger charge is -2.22. The average Bonchev–Trinajstić information content (AvgIpc) is 2.82. The Bertz CT molecular complexity index is 1200. The smallest absolute Gasteiger partial charge is 0.430 e. The normalized spacial score (nSPS) is 11.3. The van der Waals surface area contributed by atoms with Crippen LogP contribution in [-0.4, -0.2) is 44.9 Å². The van der Waals surface area contributed by atoms with Gasteiger partial charge in [-0.25, -0.2) is 13.8 Å². The van der Waals surface area contributed by atoms with Crippen LogP contribution in [0.1, 0.15) is 34.6 Å². The molecular weight excluding hydrogens is 485 g/mol. The molecule has 1 heterocycles. The maximum atomic E-state index is 14.9. The van der Waals surface area contributed by atoms with Crippen LogP contribution in [-0.2, 0) is 4.79 Å². The summed E-state index contributed by atoms with van der Waals surface area (Å²) in [5.74, 6) is -3.63. The summed E-state index contributed by atoms with van der Waals surface area (Å²) in [7, 11) is 0. The van der Waals surface area contributed by atoms with E-state index in [1.807, 2.05) is 44.4 Å². The summed E-state index contributed by atoms with van der Waals surface area (Å²) in [5.41, 5.74) is 2.18. The average molecular weight is 516 g/mol. The molecule has 0 spiro atoms. The van der Waals surface area contributed by atoms with Crippen molar-refractivity contribution in [3.8, 4) is 0 Å². The van der Waals surface area contributed by atoms with Crippen molar-refractivity contribution in [2.24, 2.45) is 0 Å². The Morgan fingerprint density at radius 3 is 1.47 bits per heavy atom. The summed E-state index contributed by atoms with van der Waals surface area (Å²) < 4.78 is 67.6. The lowest BCUT2D eigenvalue weighted by atomic mass is 10.1. The van der Waals surface area contributed by atoms with Crippen molar-refractivity contribution in [3.63, 3.8) is 0 Å². The molecule has 0 fully saturated rings. The van der Waals surface area contributed by atoms with Crippen LogP contribution in [0.15, 0.2) is 28.7 Å². The number of anilines is 2. The SMILES string of the molecule is CC[NH+]=c1c2cc(F)c(N(CC)CC)cc2oc2cc(N(CC)CC)c(F)cc12.O=C([O-])C(F)(F)F. The lowest BCUT2D eigenvalue weighted by molar-refractivity contribution is -0.493. The molecule has 11 heteroatoms. The summed E-state index contributed by atoms with van der Waals surface area (Å²) in [5, 5.41) is 10.7. The topological polar surface area (TPSA) is 73.7 Å². The van der Waals surface area contributed by atoms with E-state index >= 15 is 0 Å². The lowest BCUT2D eigenvalue weighted by Crippen LogP contribution is -2.76. The van der Waals surface area contributed by atoms with Crippen LogP contribution in [0.3, 0.4) is 0 Å². The molecule has 2 aromatic carbocycles. The number of halogens is 5. The Kier molecular flexibility index (Phi) is 9.66. The number of alkyl halides is 3. The second-order valence-electron chi connectivity index (χ2n) is 7.74. The monoisotopic (exact) mass is 515 g/mol. The highest BCUT2D eigenvalue weighted by molar-refractivity contribution is 5.92. The molecule has 0 saturated heterocycles. The van der Waals surface area contributed by atoms with Crippen LogP contribution in [0, 0.1) is 11.6 Å². The minimum absolute atomic E-state index is 0.310. The summed E-state index contributed by atoms with van der Waals surface area (Å²) in [6, 6.07) is 6.47. The second kappa shape index (κ2) is 12.0. The van der Waals surface area contributed by atoms with Crippen molar-refractivity contribution in [1.82, 2.24) is 0 Å². The molecule has 0 radical (unpaired) electrons. The van der Waals surface area contributed by atoms with Crippen LogP contribution in [0.4, 0.5) is 33.3 Å². The number of carbonyl (C=O) groups is 1. The van der Waals surface area contributed by atoms with Gasteiger partial charge in [-0.15, -0.1) is 0 Å². The molecule has 0 bridgehead atoms. The van der Waals surface area contributed by atoms with E-state index in [1.54, 1.807) is 12.1 Å². The van der Waals surface area contributed by atoms with E-state index in [0.717, 1.165) is 0 Å². The third kappa shape index (κ3) is 6.24. The molecule has 0 aliphatic heterocycles. The molecule has 0 aliphatic rings. The summed E-state index contributed by atoms with van der Waals surface area (Å²) >= 11 is 0. The molecule has 0 amide bonds. The third-order valence-electron chi connectivity index (χ3n) is 5.65. The number of hydrogen-bond acceptors (Lipinski definition) is 5. The molecule has 6 nitrogen and oxygen atoms in total. The van der Waals surface area contributed by atoms with Gasteiger partial charge in [0, 0.05) is 38.3 Å². The first kappa shape index (κ1) is 28.9. The van der Waals surface area contributed by atoms with E-state index < -0.39 is 12.1 Å². The van der Waals surface area contributed by atoms with E-state index in [-0.39, 0.29) is 11.6 Å². The van der Waals surface area contributed by atoms with Crippen LogP contribution >= 0.6 is 0 Å². The van der Waals surface area contributed by atoms with Gasteiger partial charge in [-0.1, -0.05) is 0 Å². The van der Waals surface area contributed by atoms with Gasteiger partial charge in [-0.2, -0.15) is 13.2 Å². The fourth-order valence-electron chi connectivity index (χ4n) is 3.89. The van der Waals surface area contributed by atoms with Gasteiger partial charge in [-0.05, 0) is 46.8 Å². The van der Waals surface area contributed by atoms with Crippen molar-refractivity contribution in [3.05, 3.63) is 41.3 Å². The van der Waals surface area contributed by atoms with E-state index in [0.29, 0.717) is 71.4 Å². The number of nitrogens with zero attached hydrogens (tertiary/aromatic N) is 2. The van der Waals surface area contributed by atoms with Crippen molar-refractivity contribution in [2.75, 3.05) is 42.5 Å². The predicted octanol–water partition coefficient (Wildman–Crippen LogP) is 2.86. The molecule has 1 aromatic heterocycles. The van der Waals surface area contributed by atoms with E-state index in [1.165, 1.54) is 12.1 Å². The second-order valence-corrected chi connectivity index (χ2v) is 7.74. The standard InChI is InChI=1S/C23H29F2N3O.C2HF3O2/c1-6-26-23-15-11-17(24)19(27(7-2)8-3)13-21(15)29-22-14-20(28(9-4)10-5)18(25)12-16(22)23;3-2(4,5)1(6)7/h11-14H,6-10H2,1-5H3;(H,6,7). The fourth-order valence-corrected chi connectivity index (χ4v) is 3.89. The van der Waals surface area contributed by atoms with Gasteiger partial charge >= 0.3 is 6.18 Å². The van der Waals surface area contributed by atoms with Gasteiger partial charge in [-0.3, -0.25) is 0 Å². The molecule has 0 aliphatic carbocycles. The van der Waals surface area contributed by atoms with Crippen molar-refractivity contribution < 1.29 is 41.3 Å². The summed E-state index contributed by atoms with van der Waals surface area (Å²) in [6.45, 7) is 13.4. The van der Waals surface area contributed by atoms with E-state index in [2.05, 4.69) is 4.99 Å². The zero-order chi connectivity index (χ0) is 27.2. The predicted molar refractivity (Wildman–Crippen MR) is 126 cm³/mol. The highest BCUT2D eigenvalue weighted by atomic mass is 19.4. The third-order valence-corrected chi connectivity index (χ3v) is 5.65. The Balaban J connectivity index is 0.000000572. The van der Waals surface area contributed by atoms with Crippen LogP contribution in [0.5, 0.6) is 0 Å². The molecule has 0 atom stereocenters. The minimum atomic E-state index is -5.19. The number of hydrogen-bond donors (Lipinski definition) is 1. The number of rotatable bonds is 7. The van der Waals surface area contributed by atoms with E-state index in [9.17, 15) is 22.0 Å². The number of benzene rings is 2. The highest BCUT2D eigenvalue weighted by Gasteiger charge is 2.28. The highest BCUT2D eigenvalue weighted by Crippen LogP contribution is 2.30. The van der Waals surface area contributed by atoms with Gasteiger partial charge in [0.15, 0.2) is 0 Å². The Hall–Kier alpha value is -3.37. The fraction of sp³-hybridized carbons (Fsp3) is 0.440. The molecule has 36 heavy (non-hydrogen) atoms. The quantitative estimate of drug-likeness (QED) is 0.387. The molecule has 0 saturated carbocycles. The zero-order valence-electron chi connectivity index (χ0n) is 20.9. The molecule has 198 valence electrons. The van der Waals surface area contributed by atoms with Gasteiger partial charge in [0.25, 0.3) is 0 Å². The van der Waals surface area contributed by atoms with Crippen LogP contribution in [0.2, 0.25) is 0 Å².